The van der Waals surface area contributed by atoms with E-state index in [0.717, 1.165) is 6.07 Å². The molecule has 3 nitrogen and oxygen atoms in total. The Morgan fingerprint density at radius 3 is 2.63 bits per heavy atom. The average molecular weight is 273 g/mol. The Hall–Kier alpha value is -1.98. The summed E-state index contributed by atoms with van der Waals surface area (Å²) in [7, 11) is 0. The minimum absolute atomic E-state index is 0.0643. The second-order valence-electron chi connectivity index (χ2n) is 3.76. The molecule has 0 aromatic heterocycles. The summed E-state index contributed by atoms with van der Waals surface area (Å²) in [6.07, 6.45) is -1.36. The Labute approximate surface area is 108 Å². The van der Waals surface area contributed by atoms with Crippen molar-refractivity contribution in [2.45, 2.75) is 19.5 Å². The van der Waals surface area contributed by atoms with E-state index in [1.807, 2.05) is 0 Å². The van der Waals surface area contributed by atoms with Crippen molar-refractivity contribution in [3.63, 3.8) is 0 Å². The Bertz CT molecular complexity index is 481. The molecule has 0 fully saturated rings. The van der Waals surface area contributed by atoms with Gasteiger partial charge in [-0.3, -0.25) is 4.79 Å². The van der Waals surface area contributed by atoms with Crippen LogP contribution in [-0.2, 0) is 15.7 Å². The van der Waals surface area contributed by atoms with Gasteiger partial charge < -0.3 is 10.5 Å². The maximum atomic E-state index is 12.5. The van der Waals surface area contributed by atoms with Crippen LogP contribution in [0.15, 0.2) is 24.3 Å². The molecule has 0 unspecified atom stereocenters. The van der Waals surface area contributed by atoms with Gasteiger partial charge in [-0.15, -0.1) is 0 Å². The van der Waals surface area contributed by atoms with Crippen molar-refractivity contribution >= 4 is 17.7 Å². The Kier molecular flexibility index (Phi) is 4.97. The average Bonchev–Trinajstić information content (AvgIpc) is 2.27. The molecule has 1 aromatic carbocycles. The number of alkyl halides is 3. The topological polar surface area (TPSA) is 52.3 Å². The van der Waals surface area contributed by atoms with Gasteiger partial charge in [0.25, 0.3) is 0 Å². The van der Waals surface area contributed by atoms with Gasteiger partial charge in [-0.2, -0.15) is 13.2 Å². The number of nitrogen functional groups attached to an aromatic ring is 1. The number of hydrogen-bond donors (Lipinski definition) is 1. The first-order valence-corrected chi connectivity index (χ1v) is 5.63. The van der Waals surface area contributed by atoms with Crippen molar-refractivity contribution in [1.29, 1.82) is 0 Å². The summed E-state index contributed by atoms with van der Waals surface area (Å²) in [5.41, 5.74) is 4.63. The molecule has 1 rings (SSSR count). The number of halogens is 3. The molecular formula is C13H14F3NO2. The lowest BCUT2D eigenvalue weighted by Gasteiger charge is -2.09. The Morgan fingerprint density at radius 2 is 2.11 bits per heavy atom. The molecular weight excluding hydrogens is 259 g/mol. The lowest BCUT2D eigenvalue weighted by Crippen LogP contribution is -2.08. The molecule has 0 aliphatic heterocycles. The van der Waals surface area contributed by atoms with Gasteiger partial charge in [0.2, 0.25) is 0 Å². The highest BCUT2D eigenvalue weighted by Crippen LogP contribution is 2.33. The molecule has 0 amide bonds. The zero-order chi connectivity index (χ0) is 14.5. The zero-order valence-corrected chi connectivity index (χ0v) is 10.3. The number of carbonyl (C=O) groups is 1. The fourth-order valence-corrected chi connectivity index (χ4v) is 1.45. The molecule has 0 saturated carbocycles. The summed E-state index contributed by atoms with van der Waals surface area (Å²) >= 11 is 0. The lowest BCUT2D eigenvalue weighted by molar-refractivity contribution is -0.142. The number of nitrogens with two attached hydrogens (primary N) is 1. The summed E-state index contributed by atoms with van der Waals surface area (Å²) in [6.45, 7) is 1.98. The van der Waals surface area contributed by atoms with Crippen LogP contribution in [0, 0.1) is 0 Å². The summed E-state index contributed by atoms with van der Waals surface area (Å²) in [4.78, 5) is 11.0. The molecule has 0 spiro atoms. The summed E-state index contributed by atoms with van der Waals surface area (Å²) in [5.74, 6) is -0.390. The molecule has 0 atom stereocenters. The van der Waals surface area contributed by atoms with Crippen LogP contribution in [0.5, 0.6) is 0 Å². The van der Waals surface area contributed by atoms with Crippen molar-refractivity contribution in [1.82, 2.24) is 0 Å². The van der Waals surface area contributed by atoms with Gasteiger partial charge in [0.1, 0.15) is 0 Å². The van der Waals surface area contributed by atoms with E-state index in [2.05, 4.69) is 0 Å². The van der Waals surface area contributed by atoms with Crippen LogP contribution < -0.4 is 5.73 Å². The predicted molar refractivity (Wildman–Crippen MR) is 66.1 cm³/mol. The number of rotatable bonds is 4. The highest BCUT2D eigenvalue weighted by molar-refractivity contribution is 5.73. The Morgan fingerprint density at radius 1 is 1.42 bits per heavy atom. The molecule has 2 N–H and O–H groups in total. The highest BCUT2D eigenvalue weighted by Gasteiger charge is 2.32. The second-order valence-corrected chi connectivity index (χ2v) is 3.76. The number of ether oxygens (including phenoxy) is 1. The quantitative estimate of drug-likeness (QED) is 0.676. The SMILES string of the molecule is CCOC(=O)CC=Cc1ccc(C(F)(F)F)c(N)c1. The van der Waals surface area contributed by atoms with Crippen molar-refractivity contribution < 1.29 is 22.7 Å². The van der Waals surface area contributed by atoms with E-state index in [1.54, 1.807) is 6.92 Å². The largest absolute Gasteiger partial charge is 0.466 e. The van der Waals surface area contributed by atoms with Crippen LogP contribution in [0.4, 0.5) is 18.9 Å². The lowest BCUT2D eigenvalue weighted by atomic mass is 10.1. The van der Waals surface area contributed by atoms with Crippen LogP contribution in [-0.4, -0.2) is 12.6 Å². The monoisotopic (exact) mass is 273 g/mol. The maximum absolute atomic E-state index is 12.5. The van der Waals surface area contributed by atoms with Crippen LogP contribution in [0.1, 0.15) is 24.5 Å². The van der Waals surface area contributed by atoms with Crippen molar-refractivity contribution in [3.05, 3.63) is 35.4 Å². The highest BCUT2D eigenvalue weighted by atomic mass is 19.4. The number of esters is 1. The van der Waals surface area contributed by atoms with Gasteiger partial charge in [-0.25, -0.2) is 0 Å². The van der Waals surface area contributed by atoms with E-state index >= 15 is 0 Å². The number of anilines is 1. The molecule has 0 aliphatic rings. The molecule has 104 valence electrons. The van der Waals surface area contributed by atoms with Gasteiger partial charge in [0.15, 0.2) is 0 Å². The van der Waals surface area contributed by atoms with E-state index < -0.39 is 17.7 Å². The predicted octanol–water partition coefficient (Wildman–Crippen LogP) is 3.25. The van der Waals surface area contributed by atoms with Crippen molar-refractivity contribution in [2.24, 2.45) is 0 Å². The third-order valence-corrected chi connectivity index (χ3v) is 2.28. The minimum Gasteiger partial charge on any atom is -0.466 e. The first-order chi connectivity index (χ1) is 8.84. The summed E-state index contributed by atoms with van der Waals surface area (Å²) < 4.78 is 42.1. The molecule has 0 bridgehead atoms. The third-order valence-electron chi connectivity index (χ3n) is 2.28. The first-order valence-electron chi connectivity index (χ1n) is 5.63. The van der Waals surface area contributed by atoms with Crippen LogP contribution in [0.3, 0.4) is 0 Å². The van der Waals surface area contributed by atoms with Crippen molar-refractivity contribution in [3.8, 4) is 0 Å². The number of carbonyl (C=O) groups excluding carboxylic acids is 1. The molecule has 1 aromatic rings. The molecule has 6 heteroatoms. The first kappa shape index (κ1) is 15.1. The molecule has 0 saturated heterocycles. The summed E-state index contributed by atoms with van der Waals surface area (Å²) in [5, 5.41) is 0. The number of hydrogen-bond acceptors (Lipinski definition) is 3. The van der Waals surface area contributed by atoms with Crippen molar-refractivity contribution in [2.75, 3.05) is 12.3 Å². The van der Waals surface area contributed by atoms with E-state index in [-0.39, 0.29) is 12.1 Å². The van der Waals surface area contributed by atoms with Gasteiger partial charge in [0.05, 0.1) is 18.6 Å². The fraction of sp³-hybridized carbons (Fsp3) is 0.308. The fourth-order valence-electron chi connectivity index (χ4n) is 1.45. The van der Waals surface area contributed by atoms with Crippen LogP contribution in [0.25, 0.3) is 6.08 Å². The smallest absolute Gasteiger partial charge is 0.418 e. The standard InChI is InChI=1S/C13H14F3NO2/c1-2-19-12(18)5-3-4-9-6-7-10(11(17)8-9)13(14,15)16/h3-4,6-8H,2,5,17H2,1H3. The van der Waals surface area contributed by atoms with Gasteiger partial charge >= 0.3 is 12.1 Å². The van der Waals surface area contributed by atoms with E-state index in [9.17, 15) is 18.0 Å². The Balaban J connectivity index is 2.74. The molecule has 0 aliphatic carbocycles. The van der Waals surface area contributed by atoms with Gasteiger partial charge in [-0.1, -0.05) is 18.2 Å². The third kappa shape index (κ3) is 4.65. The molecule has 19 heavy (non-hydrogen) atoms. The van der Waals surface area contributed by atoms with Crippen LogP contribution in [0.2, 0.25) is 0 Å². The molecule has 0 radical (unpaired) electrons. The van der Waals surface area contributed by atoms with E-state index in [4.69, 9.17) is 10.5 Å². The normalized spacial score (nSPS) is 11.8. The summed E-state index contributed by atoms with van der Waals surface area (Å²) in [6, 6.07) is 3.42. The van der Waals surface area contributed by atoms with Crippen LogP contribution >= 0.6 is 0 Å². The second kappa shape index (κ2) is 6.26. The van der Waals surface area contributed by atoms with E-state index in [1.165, 1.54) is 24.3 Å². The minimum atomic E-state index is -4.46. The van der Waals surface area contributed by atoms with Gasteiger partial charge in [-0.05, 0) is 24.6 Å². The van der Waals surface area contributed by atoms with E-state index in [0.29, 0.717) is 12.2 Å². The molecule has 0 heterocycles. The number of benzene rings is 1. The van der Waals surface area contributed by atoms with Gasteiger partial charge in [0, 0.05) is 5.69 Å². The maximum Gasteiger partial charge on any atom is 0.418 e. The zero-order valence-electron chi connectivity index (χ0n) is 10.3.